The van der Waals surface area contributed by atoms with E-state index in [0.717, 1.165) is 6.07 Å². The minimum absolute atomic E-state index is 0.148. The van der Waals surface area contributed by atoms with E-state index in [-0.39, 0.29) is 12.2 Å². The molecule has 0 aliphatic heterocycles. The Labute approximate surface area is 118 Å². The number of nitriles is 1. The van der Waals surface area contributed by atoms with Crippen LogP contribution in [-0.2, 0) is 6.54 Å². The number of halogens is 2. The van der Waals surface area contributed by atoms with E-state index in [4.69, 9.17) is 5.26 Å². The molecule has 5 nitrogen and oxygen atoms in total. The SMILES string of the molecule is N#Cc1cccc(CNc2cc([N+](=O)[O-])c(F)cc2F)c1. The Bertz CT molecular complexity index is 741. The quantitative estimate of drug-likeness (QED) is 0.691. The summed E-state index contributed by atoms with van der Waals surface area (Å²) in [5.41, 5.74) is 0.162. The Balaban J connectivity index is 2.22. The van der Waals surface area contributed by atoms with Gasteiger partial charge in [0.15, 0.2) is 0 Å². The summed E-state index contributed by atoms with van der Waals surface area (Å²) < 4.78 is 26.8. The maximum absolute atomic E-state index is 13.6. The van der Waals surface area contributed by atoms with Gasteiger partial charge in [-0.1, -0.05) is 12.1 Å². The van der Waals surface area contributed by atoms with Gasteiger partial charge in [-0.3, -0.25) is 10.1 Å². The summed E-state index contributed by atoms with van der Waals surface area (Å²) in [6.07, 6.45) is 0. The van der Waals surface area contributed by atoms with Gasteiger partial charge in [-0.2, -0.15) is 9.65 Å². The highest BCUT2D eigenvalue weighted by Gasteiger charge is 2.18. The lowest BCUT2D eigenvalue weighted by atomic mass is 10.1. The van der Waals surface area contributed by atoms with Crippen molar-refractivity contribution in [3.05, 3.63) is 69.3 Å². The van der Waals surface area contributed by atoms with Crippen LogP contribution in [0.5, 0.6) is 0 Å². The molecule has 2 aromatic rings. The minimum Gasteiger partial charge on any atom is -0.378 e. The average molecular weight is 289 g/mol. The van der Waals surface area contributed by atoms with Gasteiger partial charge in [-0.15, -0.1) is 0 Å². The summed E-state index contributed by atoms with van der Waals surface area (Å²) in [6, 6.07) is 9.83. The fourth-order valence-electron chi connectivity index (χ4n) is 1.76. The number of nitro groups is 1. The second-order valence-electron chi connectivity index (χ2n) is 4.21. The zero-order valence-electron chi connectivity index (χ0n) is 10.6. The fourth-order valence-corrected chi connectivity index (χ4v) is 1.76. The lowest BCUT2D eigenvalue weighted by Gasteiger charge is -2.08. The van der Waals surface area contributed by atoms with Crippen molar-refractivity contribution in [1.82, 2.24) is 0 Å². The molecular formula is C14H9F2N3O2. The van der Waals surface area contributed by atoms with Crippen molar-refractivity contribution in [2.45, 2.75) is 6.54 Å². The molecular weight excluding hydrogens is 280 g/mol. The van der Waals surface area contributed by atoms with Crippen LogP contribution in [0.2, 0.25) is 0 Å². The monoisotopic (exact) mass is 289 g/mol. The molecule has 2 aromatic carbocycles. The number of anilines is 1. The van der Waals surface area contributed by atoms with Gasteiger partial charge in [-0.05, 0) is 17.7 Å². The molecule has 21 heavy (non-hydrogen) atoms. The first-order valence-electron chi connectivity index (χ1n) is 5.87. The molecule has 0 spiro atoms. The van der Waals surface area contributed by atoms with E-state index in [1.165, 1.54) is 0 Å². The van der Waals surface area contributed by atoms with Crippen LogP contribution in [0.1, 0.15) is 11.1 Å². The standard InChI is InChI=1S/C14H9F2N3O2/c15-11-5-12(16)14(19(20)21)6-13(11)18-8-10-3-1-2-9(4-10)7-17/h1-6,18H,8H2. The normalized spacial score (nSPS) is 9.95. The molecule has 0 atom stereocenters. The zero-order chi connectivity index (χ0) is 15.4. The summed E-state index contributed by atoms with van der Waals surface area (Å²) in [6.45, 7) is 0.148. The number of rotatable bonds is 4. The Morgan fingerprint density at radius 3 is 2.67 bits per heavy atom. The van der Waals surface area contributed by atoms with E-state index in [1.54, 1.807) is 24.3 Å². The zero-order valence-corrected chi connectivity index (χ0v) is 10.6. The number of benzene rings is 2. The van der Waals surface area contributed by atoms with E-state index in [1.807, 2.05) is 6.07 Å². The molecule has 0 radical (unpaired) electrons. The van der Waals surface area contributed by atoms with Crippen LogP contribution in [0.4, 0.5) is 20.2 Å². The minimum atomic E-state index is -1.23. The first-order valence-corrected chi connectivity index (χ1v) is 5.87. The second kappa shape index (κ2) is 5.96. The molecule has 0 fully saturated rings. The molecule has 0 saturated carbocycles. The van der Waals surface area contributed by atoms with Gasteiger partial charge in [0, 0.05) is 18.7 Å². The van der Waals surface area contributed by atoms with Crippen LogP contribution in [0.3, 0.4) is 0 Å². The van der Waals surface area contributed by atoms with E-state index in [0.29, 0.717) is 17.2 Å². The topological polar surface area (TPSA) is 79.0 Å². The third kappa shape index (κ3) is 3.30. The van der Waals surface area contributed by atoms with Crippen LogP contribution < -0.4 is 5.32 Å². The maximum Gasteiger partial charge on any atom is 0.307 e. The van der Waals surface area contributed by atoms with Gasteiger partial charge in [0.2, 0.25) is 5.82 Å². The lowest BCUT2D eigenvalue weighted by molar-refractivity contribution is -0.387. The highest BCUT2D eigenvalue weighted by atomic mass is 19.1. The average Bonchev–Trinajstić information content (AvgIpc) is 2.46. The number of nitrogens with one attached hydrogen (secondary N) is 1. The molecule has 0 bridgehead atoms. The van der Waals surface area contributed by atoms with Crippen LogP contribution in [0.25, 0.3) is 0 Å². The van der Waals surface area contributed by atoms with Crippen molar-refractivity contribution >= 4 is 11.4 Å². The number of hydrogen-bond donors (Lipinski definition) is 1. The molecule has 7 heteroatoms. The molecule has 0 amide bonds. The Kier molecular flexibility index (Phi) is 4.09. The summed E-state index contributed by atoms with van der Waals surface area (Å²) in [5.74, 6) is -2.15. The molecule has 0 saturated heterocycles. The van der Waals surface area contributed by atoms with Crippen molar-refractivity contribution in [2.24, 2.45) is 0 Å². The summed E-state index contributed by atoms with van der Waals surface area (Å²) in [5, 5.41) is 22.0. The highest BCUT2D eigenvalue weighted by molar-refractivity contribution is 5.53. The fraction of sp³-hybridized carbons (Fsp3) is 0.0714. The van der Waals surface area contributed by atoms with Gasteiger partial charge in [0.05, 0.1) is 22.2 Å². The largest absolute Gasteiger partial charge is 0.378 e. The van der Waals surface area contributed by atoms with Crippen molar-refractivity contribution in [3.8, 4) is 6.07 Å². The van der Waals surface area contributed by atoms with Crippen LogP contribution in [0.15, 0.2) is 36.4 Å². The Hall–Kier alpha value is -3.01. The first-order chi connectivity index (χ1) is 10.0. The van der Waals surface area contributed by atoms with E-state index >= 15 is 0 Å². The van der Waals surface area contributed by atoms with E-state index in [2.05, 4.69) is 5.32 Å². The third-order valence-electron chi connectivity index (χ3n) is 2.77. The molecule has 0 aliphatic carbocycles. The van der Waals surface area contributed by atoms with Crippen molar-refractivity contribution in [1.29, 1.82) is 5.26 Å². The summed E-state index contributed by atoms with van der Waals surface area (Å²) in [4.78, 5) is 9.70. The van der Waals surface area contributed by atoms with Crippen LogP contribution >= 0.6 is 0 Å². The Morgan fingerprint density at radius 2 is 2.00 bits per heavy atom. The van der Waals surface area contributed by atoms with E-state index in [9.17, 15) is 18.9 Å². The van der Waals surface area contributed by atoms with Gasteiger partial charge < -0.3 is 5.32 Å². The molecule has 106 valence electrons. The van der Waals surface area contributed by atoms with Crippen molar-refractivity contribution in [3.63, 3.8) is 0 Å². The molecule has 1 N–H and O–H groups in total. The summed E-state index contributed by atoms with van der Waals surface area (Å²) in [7, 11) is 0. The third-order valence-corrected chi connectivity index (χ3v) is 2.77. The highest BCUT2D eigenvalue weighted by Crippen LogP contribution is 2.25. The van der Waals surface area contributed by atoms with Gasteiger partial charge in [0.25, 0.3) is 0 Å². The van der Waals surface area contributed by atoms with Gasteiger partial charge >= 0.3 is 5.69 Å². The van der Waals surface area contributed by atoms with Crippen molar-refractivity contribution < 1.29 is 13.7 Å². The molecule has 0 aliphatic rings. The first kappa shape index (κ1) is 14.4. The van der Waals surface area contributed by atoms with Gasteiger partial charge in [0.1, 0.15) is 5.82 Å². The lowest BCUT2D eigenvalue weighted by Crippen LogP contribution is -2.04. The Morgan fingerprint density at radius 1 is 1.24 bits per heavy atom. The van der Waals surface area contributed by atoms with Crippen molar-refractivity contribution in [2.75, 3.05) is 5.32 Å². The molecule has 2 rings (SSSR count). The predicted molar refractivity (Wildman–Crippen MR) is 71.5 cm³/mol. The van der Waals surface area contributed by atoms with Crippen LogP contribution in [0, 0.1) is 33.1 Å². The number of hydrogen-bond acceptors (Lipinski definition) is 4. The van der Waals surface area contributed by atoms with E-state index < -0.39 is 22.2 Å². The molecule has 0 unspecified atom stereocenters. The molecule has 0 aromatic heterocycles. The van der Waals surface area contributed by atoms with Gasteiger partial charge in [-0.25, -0.2) is 4.39 Å². The number of nitro benzene ring substituents is 1. The number of nitrogens with zero attached hydrogens (tertiary/aromatic N) is 2. The second-order valence-corrected chi connectivity index (χ2v) is 4.21. The summed E-state index contributed by atoms with van der Waals surface area (Å²) >= 11 is 0. The van der Waals surface area contributed by atoms with Crippen LogP contribution in [-0.4, -0.2) is 4.92 Å². The predicted octanol–water partition coefficient (Wildman–Crippen LogP) is 3.36. The maximum atomic E-state index is 13.6. The molecule has 0 heterocycles. The smallest absolute Gasteiger partial charge is 0.307 e.